The molecule has 1 heterocycles. The van der Waals surface area contributed by atoms with E-state index in [2.05, 4.69) is 38.0 Å². The Hall–Kier alpha value is -0.570. The summed E-state index contributed by atoms with van der Waals surface area (Å²) < 4.78 is 0. The lowest BCUT2D eigenvalue weighted by Crippen LogP contribution is -1.94. The van der Waals surface area contributed by atoms with E-state index in [1.165, 1.54) is 10.6 Å². The third kappa shape index (κ3) is 2.99. The molecule has 0 saturated heterocycles. The molecule has 2 nitrogen and oxygen atoms in total. The van der Waals surface area contributed by atoms with Crippen molar-refractivity contribution in [1.29, 1.82) is 0 Å². The van der Waals surface area contributed by atoms with Gasteiger partial charge in [0, 0.05) is 11.4 Å². The maximum Gasteiger partial charge on any atom is 0.183 e. The van der Waals surface area contributed by atoms with Crippen molar-refractivity contribution in [3.05, 3.63) is 10.6 Å². The molecular weight excluding hydrogens is 180 g/mol. The summed E-state index contributed by atoms with van der Waals surface area (Å²) in [6, 6.07) is 0. The first-order valence-electron chi connectivity index (χ1n) is 4.83. The summed E-state index contributed by atoms with van der Waals surface area (Å²) in [5.74, 6) is 0.716. The van der Waals surface area contributed by atoms with Crippen LogP contribution in [0.25, 0.3) is 0 Å². The summed E-state index contributed by atoms with van der Waals surface area (Å²) in [5.41, 5.74) is 1.19. The second-order valence-corrected chi connectivity index (χ2v) is 4.74. The minimum Gasteiger partial charge on any atom is -0.362 e. The summed E-state index contributed by atoms with van der Waals surface area (Å²) in [4.78, 5) is 5.88. The fourth-order valence-electron chi connectivity index (χ4n) is 1.22. The van der Waals surface area contributed by atoms with Gasteiger partial charge in [-0.3, -0.25) is 0 Å². The van der Waals surface area contributed by atoms with Crippen molar-refractivity contribution in [2.24, 2.45) is 5.92 Å². The predicted octanol–water partition coefficient (Wildman–Crippen LogP) is 3.08. The van der Waals surface area contributed by atoms with E-state index in [0.717, 1.165) is 18.1 Å². The van der Waals surface area contributed by atoms with Crippen molar-refractivity contribution in [2.45, 2.75) is 34.1 Å². The second-order valence-electron chi connectivity index (χ2n) is 3.66. The summed E-state index contributed by atoms with van der Waals surface area (Å²) in [6.45, 7) is 9.63. The standard InChI is InChI=1S/C10H18N2S/c1-5-11-10-12-8(4)9(13-10)6-7(2)3/h7H,5-6H2,1-4H3,(H,11,12). The zero-order valence-corrected chi connectivity index (χ0v) is 9.66. The van der Waals surface area contributed by atoms with Gasteiger partial charge in [0.15, 0.2) is 5.13 Å². The van der Waals surface area contributed by atoms with Gasteiger partial charge in [0.25, 0.3) is 0 Å². The third-order valence-corrected chi connectivity index (χ3v) is 2.95. The Kier molecular flexibility index (Phi) is 3.72. The Morgan fingerprint density at radius 3 is 2.69 bits per heavy atom. The minimum absolute atomic E-state index is 0.716. The van der Waals surface area contributed by atoms with Gasteiger partial charge < -0.3 is 5.32 Å². The zero-order valence-electron chi connectivity index (χ0n) is 8.85. The number of anilines is 1. The van der Waals surface area contributed by atoms with Crippen LogP contribution in [0.3, 0.4) is 0 Å². The van der Waals surface area contributed by atoms with E-state index in [-0.39, 0.29) is 0 Å². The van der Waals surface area contributed by atoms with Gasteiger partial charge in [-0.15, -0.1) is 11.3 Å². The molecule has 0 spiro atoms. The van der Waals surface area contributed by atoms with Gasteiger partial charge in [0.05, 0.1) is 5.69 Å². The van der Waals surface area contributed by atoms with Crippen LogP contribution >= 0.6 is 11.3 Å². The predicted molar refractivity (Wildman–Crippen MR) is 59.6 cm³/mol. The summed E-state index contributed by atoms with van der Waals surface area (Å²) in [7, 11) is 0. The molecule has 74 valence electrons. The van der Waals surface area contributed by atoms with Crippen molar-refractivity contribution >= 4 is 16.5 Å². The molecule has 0 fully saturated rings. The van der Waals surface area contributed by atoms with E-state index in [0.29, 0.717) is 5.92 Å². The highest BCUT2D eigenvalue weighted by molar-refractivity contribution is 7.15. The van der Waals surface area contributed by atoms with Gasteiger partial charge in [0.2, 0.25) is 0 Å². The molecule has 0 radical (unpaired) electrons. The van der Waals surface area contributed by atoms with Crippen molar-refractivity contribution < 1.29 is 0 Å². The number of aromatic nitrogens is 1. The number of rotatable bonds is 4. The maximum absolute atomic E-state index is 4.46. The number of nitrogens with one attached hydrogen (secondary N) is 1. The lowest BCUT2D eigenvalue weighted by molar-refractivity contribution is 0.651. The highest BCUT2D eigenvalue weighted by Crippen LogP contribution is 2.24. The molecule has 1 aromatic rings. The summed E-state index contributed by atoms with van der Waals surface area (Å²) in [6.07, 6.45) is 1.15. The highest BCUT2D eigenvalue weighted by atomic mass is 32.1. The molecule has 0 atom stereocenters. The smallest absolute Gasteiger partial charge is 0.183 e. The number of nitrogens with zero attached hydrogens (tertiary/aromatic N) is 1. The molecule has 1 rings (SSSR count). The lowest BCUT2D eigenvalue weighted by atomic mass is 10.1. The van der Waals surface area contributed by atoms with E-state index in [9.17, 15) is 0 Å². The SMILES string of the molecule is CCNc1nc(C)c(CC(C)C)s1. The van der Waals surface area contributed by atoms with E-state index >= 15 is 0 Å². The van der Waals surface area contributed by atoms with Gasteiger partial charge in [-0.05, 0) is 26.2 Å². The number of hydrogen-bond acceptors (Lipinski definition) is 3. The summed E-state index contributed by atoms with van der Waals surface area (Å²) >= 11 is 1.79. The van der Waals surface area contributed by atoms with Gasteiger partial charge in [-0.2, -0.15) is 0 Å². The Labute approximate surface area is 84.4 Å². The lowest BCUT2D eigenvalue weighted by Gasteiger charge is -2.00. The Morgan fingerprint density at radius 1 is 1.46 bits per heavy atom. The van der Waals surface area contributed by atoms with Crippen molar-refractivity contribution in [1.82, 2.24) is 4.98 Å². The zero-order chi connectivity index (χ0) is 9.84. The van der Waals surface area contributed by atoms with Crippen LogP contribution in [0.5, 0.6) is 0 Å². The molecule has 0 bridgehead atoms. The monoisotopic (exact) mass is 198 g/mol. The first-order valence-corrected chi connectivity index (χ1v) is 5.65. The molecule has 0 aliphatic rings. The number of aryl methyl sites for hydroxylation is 1. The van der Waals surface area contributed by atoms with Crippen LogP contribution in [0, 0.1) is 12.8 Å². The normalized spacial score (nSPS) is 10.8. The molecule has 0 aliphatic heterocycles. The van der Waals surface area contributed by atoms with Crippen molar-refractivity contribution in [3.63, 3.8) is 0 Å². The molecule has 1 N–H and O–H groups in total. The van der Waals surface area contributed by atoms with E-state index in [4.69, 9.17) is 0 Å². The second kappa shape index (κ2) is 4.61. The van der Waals surface area contributed by atoms with E-state index in [1.54, 1.807) is 11.3 Å². The first-order chi connectivity index (χ1) is 6.13. The Morgan fingerprint density at radius 2 is 2.15 bits per heavy atom. The molecule has 1 aromatic heterocycles. The fourth-order valence-corrected chi connectivity index (χ4v) is 2.46. The van der Waals surface area contributed by atoms with Crippen LogP contribution in [0.15, 0.2) is 0 Å². The maximum atomic E-state index is 4.46. The Balaban J connectivity index is 2.71. The molecule has 0 saturated carbocycles. The average Bonchev–Trinajstić information content (AvgIpc) is 2.31. The average molecular weight is 198 g/mol. The van der Waals surface area contributed by atoms with Crippen molar-refractivity contribution in [2.75, 3.05) is 11.9 Å². The largest absolute Gasteiger partial charge is 0.362 e. The molecule has 0 amide bonds. The van der Waals surface area contributed by atoms with Gasteiger partial charge in [0.1, 0.15) is 0 Å². The molecule has 0 aliphatic carbocycles. The third-order valence-electron chi connectivity index (χ3n) is 1.81. The summed E-state index contributed by atoms with van der Waals surface area (Å²) in [5, 5.41) is 4.31. The van der Waals surface area contributed by atoms with Crippen LogP contribution < -0.4 is 5.32 Å². The number of thiazole rings is 1. The highest BCUT2D eigenvalue weighted by Gasteiger charge is 2.07. The van der Waals surface area contributed by atoms with Gasteiger partial charge in [-0.1, -0.05) is 13.8 Å². The minimum atomic E-state index is 0.716. The van der Waals surface area contributed by atoms with Crippen LogP contribution in [0.4, 0.5) is 5.13 Å². The van der Waals surface area contributed by atoms with E-state index in [1.807, 2.05) is 0 Å². The molecule has 0 unspecified atom stereocenters. The van der Waals surface area contributed by atoms with Crippen LogP contribution in [0.1, 0.15) is 31.3 Å². The molecule has 3 heteroatoms. The topological polar surface area (TPSA) is 24.9 Å². The number of hydrogen-bond donors (Lipinski definition) is 1. The van der Waals surface area contributed by atoms with Crippen LogP contribution in [-0.2, 0) is 6.42 Å². The van der Waals surface area contributed by atoms with Crippen molar-refractivity contribution in [3.8, 4) is 0 Å². The van der Waals surface area contributed by atoms with Crippen LogP contribution in [-0.4, -0.2) is 11.5 Å². The van der Waals surface area contributed by atoms with E-state index < -0.39 is 0 Å². The molecule has 0 aromatic carbocycles. The van der Waals surface area contributed by atoms with Gasteiger partial charge in [-0.25, -0.2) is 4.98 Å². The Bertz CT molecular complexity index is 266. The molecular formula is C10H18N2S. The quantitative estimate of drug-likeness (QED) is 0.804. The fraction of sp³-hybridized carbons (Fsp3) is 0.700. The van der Waals surface area contributed by atoms with Gasteiger partial charge >= 0.3 is 0 Å². The van der Waals surface area contributed by atoms with Crippen LogP contribution in [0.2, 0.25) is 0 Å². The first kappa shape index (κ1) is 10.5. The molecule has 13 heavy (non-hydrogen) atoms.